The van der Waals surface area contributed by atoms with E-state index >= 15 is 0 Å². The molecule has 5 atom stereocenters. The number of aliphatic hydroxyl groups is 1. The van der Waals surface area contributed by atoms with Crippen molar-refractivity contribution in [2.75, 3.05) is 0 Å². The van der Waals surface area contributed by atoms with Crippen LogP contribution in [0.2, 0.25) is 0 Å². The maximum atomic E-state index is 14.3. The molecule has 1 heterocycles. The molecule has 0 aliphatic rings. The first-order valence-corrected chi connectivity index (χ1v) is 19.1. The van der Waals surface area contributed by atoms with Gasteiger partial charge in [0.1, 0.15) is 23.8 Å². The summed E-state index contributed by atoms with van der Waals surface area (Å²) in [4.78, 5) is 59.9. The number of nitrogens with one attached hydrogen (secondary N) is 5. The summed E-state index contributed by atoms with van der Waals surface area (Å²) in [5, 5.41) is 27.9. The van der Waals surface area contributed by atoms with Crippen LogP contribution < -0.4 is 26.6 Å². The lowest BCUT2D eigenvalue weighted by Gasteiger charge is -2.33. The number of pyridine rings is 1. The van der Waals surface area contributed by atoms with Crippen molar-refractivity contribution in [1.29, 1.82) is 0 Å². The van der Waals surface area contributed by atoms with Gasteiger partial charge in [0, 0.05) is 18.5 Å². The van der Waals surface area contributed by atoms with Gasteiger partial charge < -0.3 is 26.4 Å². The third kappa shape index (κ3) is 11.5. The first kappa shape index (κ1) is 41.3. The number of para-hydroxylation sites is 1. The van der Waals surface area contributed by atoms with E-state index in [4.69, 9.17) is 0 Å². The highest BCUT2D eigenvalue weighted by Gasteiger charge is 2.38. The predicted octanol–water partition coefficient (Wildman–Crippen LogP) is 4.69. The van der Waals surface area contributed by atoms with Gasteiger partial charge in [-0.05, 0) is 47.1 Å². The van der Waals surface area contributed by atoms with Gasteiger partial charge in [-0.25, -0.2) is 4.98 Å². The van der Waals surface area contributed by atoms with Crippen LogP contribution in [0.25, 0.3) is 10.9 Å². The molecular formula is C45H52N6O5. The summed E-state index contributed by atoms with van der Waals surface area (Å²) >= 11 is 0. The molecule has 11 heteroatoms. The summed E-state index contributed by atoms with van der Waals surface area (Å²) in [6.45, 7) is 7.80. The SMILES string of the molecule is CC(C)C(NC(=O)[C@H](NCc1ccccc1)[C@H](O)[C@H](Cc1ccccc1)NC(=O)[C@@H](NC(=O)c1ccc2ccccc2n1)C(C)C)C(=O)NCc1ccccc1. The number of fused-ring (bicyclic) bond motifs is 1. The quantitative estimate of drug-likeness (QED) is 0.0756. The first-order valence-electron chi connectivity index (χ1n) is 19.1. The van der Waals surface area contributed by atoms with Gasteiger partial charge in [0.05, 0.1) is 17.7 Å². The van der Waals surface area contributed by atoms with Gasteiger partial charge in [0.15, 0.2) is 0 Å². The molecule has 56 heavy (non-hydrogen) atoms. The number of nitrogens with zero attached hydrogens (tertiary/aromatic N) is 1. The van der Waals surface area contributed by atoms with Crippen molar-refractivity contribution in [3.63, 3.8) is 0 Å². The minimum absolute atomic E-state index is 0.164. The second-order valence-corrected chi connectivity index (χ2v) is 14.7. The van der Waals surface area contributed by atoms with Crippen LogP contribution in [0.15, 0.2) is 127 Å². The summed E-state index contributed by atoms with van der Waals surface area (Å²) < 4.78 is 0. The minimum atomic E-state index is -1.48. The molecule has 0 radical (unpaired) electrons. The Kier molecular flexibility index (Phi) is 14.8. The highest BCUT2D eigenvalue weighted by atomic mass is 16.3. The molecule has 4 amide bonds. The van der Waals surface area contributed by atoms with E-state index in [9.17, 15) is 24.3 Å². The van der Waals surface area contributed by atoms with Crippen LogP contribution in [0.4, 0.5) is 0 Å². The zero-order chi connectivity index (χ0) is 40.0. The Hall–Kier alpha value is -5.91. The van der Waals surface area contributed by atoms with Crippen LogP contribution in [-0.4, -0.2) is 64.0 Å². The zero-order valence-corrected chi connectivity index (χ0v) is 32.3. The fourth-order valence-electron chi connectivity index (χ4n) is 6.44. The smallest absolute Gasteiger partial charge is 0.270 e. The Morgan fingerprint density at radius 3 is 1.68 bits per heavy atom. The second-order valence-electron chi connectivity index (χ2n) is 14.7. The summed E-state index contributed by atoms with van der Waals surface area (Å²) in [6, 6.07) is 34.9. The average Bonchev–Trinajstić information content (AvgIpc) is 3.21. The number of carbonyl (C=O) groups is 4. The standard InChI is InChI=1S/C45H52N6O5/c1-29(2)38(43(54)47-28-33-20-12-7-13-21-33)51-45(56)40(46-27-32-18-10-6-11-19-32)41(52)37(26-31-16-8-5-9-17-31)49-44(55)39(30(3)4)50-42(53)36-25-24-34-22-14-15-23-35(34)48-36/h5-25,29-30,37-41,46,52H,26-28H2,1-4H3,(H,47,54)(H,49,55)(H,50,53)(H,51,56)/t37-,38?,39-,40+,41+/m0/s1. The normalized spacial score (nSPS) is 14.0. The molecule has 4 aromatic carbocycles. The van der Waals surface area contributed by atoms with Crippen molar-refractivity contribution >= 4 is 34.5 Å². The number of aliphatic hydroxyl groups excluding tert-OH is 1. The summed E-state index contributed by atoms with van der Waals surface area (Å²) in [6.07, 6.45) is -1.31. The van der Waals surface area contributed by atoms with Gasteiger partial charge in [0.25, 0.3) is 5.91 Å². The molecule has 0 bridgehead atoms. The van der Waals surface area contributed by atoms with Crippen LogP contribution in [0.5, 0.6) is 0 Å². The van der Waals surface area contributed by atoms with Crippen LogP contribution in [0.1, 0.15) is 54.9 Å². The van der Waals surface area contributed by atoms with E-state index in [0.717, 1.165) is 22.1 Å². The van der Waals surface area contributed by atoms with E-state index in [2.05, 4.69) is 31.6 Å². The van der Waals surface area contributed by atoms with E-state index in [1.165, 1.54) is 0 Å². The van der Waals surface area contributed by atoms with Crippen LogP contribution >= 0.6 is 0 Å². The Morgan fingerprint density at radius 1 is 0.554 bits per heavy atom. The highest BCUT2D eigenvalue weighted by molar-refractivity contribution is 5.98. The lowest BCUT2D eigenvalue weighted by molar-refractivity contribution is -0.134. The topological polar surface area (TPSA) is 162 Å². The maximum absolute atomic E-state index is 14.3. The number of benzene rings is 4. The van der Waals surface area contributed by atoms with E-state index in [0.29, 0.717) is 5.52 Å². The molecule has 0 saturated heterocycles. The monoisotopic (exact) mass is 756 g/mol. The van der Waals surface area contributed by atoms with Crippen LogP contribution in [-0.2, 0) is 33.9 Å². The summed E-state index contributed by atoms with van der Waals surface area (Å²) in [5.41, 5.74) is 3.41. The van der Waals surface area contributed by atoms with Crippen LogP contribution in [0, 0.1) is 11.8 Å². The summed E-state index contributed by atoms with van der Waals surface area (Å²) in [5.74, 6) is -2.64. The Labute approximate surface area is 328 Å². The Bertz CT molecular complexity index is 2040. The Morgan fingerprint density at radius 2 is 1.07 bits per heavy atom. The molecule has 1 unspecified atom stereocenters. The molecule has 0 aliphatic heterocycles. The fraction of sp³-hybridized carbons (Fsp3) is 0.311. The lowest BCUT2D eigenvalue weighted by atomic mass is 9.93. The molecule has 0 aliphatic carbocycles. The molecule has 0 saturated carbocycles. The largest absolute Gasteiger partial charge is 0.389 e. The van der Waals surface area contributed by atoms with E-state index in [1.807, 2.05) is 143 Å². The van der Waals surface area contributed by atoms with Gasteiger partial charge in [-0.15, -0.1) is 0 Å². The Balaban J connectivity index is 1.39. The number of aromatic nitrogens is 1. The third-order valence-electron chi connectivity index (χ3n) is 9.65. The van der Waals surface area contributed by atoms with Crippen molar-refractivity contribution in [2.24, 2.45) is 11.8 Å². The molecule has 5 rings (SSSR count). The minimum Gasteiger partial charge on any atom is -0.389 e. The van der Waals surface area contributed by atoms with Crippen molar-refractivity contribution in [3.8, 4) is 0 Å². The third-order valence-corrected chi connectivity index (χ3v) is 9.65. The molecule has 0 spiro atoms. The maximum Gasteiger partial charge on any atom is 0.270 e. The van der Waals surface area contributed by atoms with Crippen molar-refractivity contribution in [2.45, 2.75) is 77.5 Å². The average molecular weight is 757 g/mol. The number of rotatable bonds is 18. The predicted molar refractivity (Wildman–Crippen MR) is 218 cm³/mol. The van der Waals surface area contributed by atoms with Crippen molar-refractivity contribution < 1.29 is 24.3 Å². The highest BCUT2D eigenvalue weighted by Crippen LogP contribution is 2.16. The van der Waals surface area contributed by atoms with Crippen molar-refractivity contribution in [3.05, 3.63) is 150 Å². The first-order chi connectivity index (χ1) is 27.0. The van der Waals surface area contributed by atoms with Crippen molar-refractivity contribution in [1.82, 2.24) is 31.6 Å². The van der Waals surface area contributed by atoms with Gasteiger partial charge in [-0.1, -0.05) is 143 Å². The van der Waals surface area contributed by atoms with E-state index in [-0.39, 0.29) is 42.9 Å². The number of carbonyl (C=O) groups excluding carboxylic acids is 4. The van der Waals surface area contributed by atoms with Gasteiger partial charge in [-0.2, -0.15) is 0 Å². The molecular weight excluding hydrogens is 705 g/mol. The molecule has 11 nitrogen and oxygen atoms in total. The fourth-order valence-corrected chi connectivity index (χ4v) is 6.44. The van der Waals surface area contributed by atoms with Gasteiger partial charge in [-0.3, -0.25) is 24.5 Å². The second kappa shape index (κ2) is 20.1. The molecule has 6 N–H and O–H groups in total. The number of hydrogen-bond donors (Lipinski definition) is 6. The number of amides is 4. The molecule has 292 valence electrons. The summed E-state index contributed by atoms with van der Waals surface area (Å²) in [7, 11) is 0. The van der Waals surface area contributed by atoms with Gasteiger partial charge >= 0.3 is 0 Å². The molecule has 0 fully saturated rings. The zero-order valence-electron chi connectivity index (χ0n) is 32.3. The van der Waals surface area contributed by atoms with E-state index < -0.39 is 48.0 Å². The van der Waals surface area contributed by atoms with Gasteiger partial charge in [0.2, 0.25) is 17.7 Å². The molecule has 5 aromatic rings. The lowest BCUT2D eigenvalue weighted by Crippen LogP contribution is -2.63. The van der Waals surface area contributed by atoms with Crippen LogP contribution in [0.3, 0.4) is 0 Å². The number of hydrogen-bond acceptors (Lipinski definition) is 7. The molecule has 1 aromatic heterocycles. The van der Waals surface area contributed by atoms with E-state index in [1.54, 1.807) is 12.1 Å².